The molecular weight excluding hydrogens is 388 g/mol. The summed E-state index contributed by atoms with van der Waals surface area (Å²) < 4.78 is 0. The van der Waals surface area contributed by atoms with Crippen molar-refractivity contribution in [2.24, 2.45) is 58.2 Å². The van der Waals surface area contributed by atoms with Crippen LogP contribution in [0, 0.1) is 58.2 Å². The second-order valence-corrected chi connectivity index (χ2v) is 12.6. The molecule has 0 aliphatic heterocycles. The van der Waals surface area contributed by atoms with Crippen LogP contribution >= 0.6 is 0 Å². The Balaban J connectivity index is 1.61. The lowest BCUT2D eigenvalue weighted by atomic mass is 9.41. The zero-order valence-corrected chi connectivity index (χ0v) is 20.4. The van der Waals surface area contributed by atoms with E-state index in [2.05, 4.69) is 27.7 Å². The standard InChI is InChI=1S/C27H46O4/c1-6-18-22-14-17(28)9-11-27(22,5)21-10-12-26(4)19(15(2)13-16(3)25(30)31)7-8-20(26)23(21)24(18)29/h15-24,28-29H,6-14H2,1-5H3,(H,30,31)/t15-,16-,17+,18+,19+,20?,21?,22-,23?,24-,26+,27+/m0/s1. The maximum atomic E-state index is 11.7. The lowest BCUT2D eigenvalue weighted by Crippen LogP contribution is -2.62. The SMILES string of the molecule is CC[C@H]1[C@H](O)C2C3CC[C@H]([C@@H](C)C[C@H](C)C(=O)O)[C@@]3(C)CCC2[C@@]2(C)CC[C@@H](O)C[C@@H]12. The van der Waals surface area contributed by atoms with Crippen molar-refractivity contribution in [2.45, 2.75) is 105 Å². The van der Waals surface area contributed by atoms with Crippen molar-refractivity contribution < 1.29 is 20.1 Å². The summed E-state index contributed by atoms with van der Waals surface area (Å²) in [6.45, 7) is 11.3. The molecule has 4 fully saturated rings. The Hall–Kier alpha value is -0.610. The van der Waals surface area contributed by atoms with Crippen LogP contribution in [0.2, 0.25) is 0 Å². The van der Waals surface area contributed by atoms with Gasteiger partial charge >= 0.3 is 5.97 Å². The number of aliphatic hydroxyl groups excluding tert-OH is 2. The fourth-order valence-corrected chi connectivity index (χ4v) is 9.76. The predicted octanol–water partition coefficient (Wildman–Crippen LogP) is 5.36. The number of carbonyl (C=O) groups is 1. The molecule has 178 valence electrons. The van der Waals surface area contributed by atoms with E-state index in [1.165, 1.54) is 25.7 Å². The van der Waals surface area contributed by atoms with Crippen LogP contribution in [0.4, 0.5) is 0 Å². The molecule has 4 aliphatic rings. The van der Waals surface area contributed by atoms with E-state index in [0.717, 1.165) is 32.1 Å². The number of hydrogen-bond donors (Lipinski definition) is 3. The highest BCUT2D eigenvalue weighted by molar-refractivity contribution is 5.69. The number of rotatable bonds is 5. The molecule has 0 radical (unpaired) electrons. The van der Waals surface area contributed by atoms with Gasteiger partial charge in [-0.05, 0) is 104 Å². The summed E-state index contributed by atoms with van der Waals surface area (Å²) in [4.78, 5) is 11.5. The van der Waals surface area contributed by atoms with Gasteiger partial charge in [0, 0.05) is 0 Å². The van der Waals surface area contributed by atoms with E-state index in [-0.39, 0.29) is 29.0 Å². The first-order valence-corrected chi connectivity index (χ1v) is 13.1. The average molecular weight is 435 g/mol. The lowest BCUT2D eigenvalue weighted by Gasteiger charge is -2.64. The first-order valence-electron chi connectivity index (χ1n) is 13.1. The number of aliphatic carboxylic acids is 1. The summed E-state index contributed by atoms with van der Waals surface area (Å²) in [7, 11) is 0. The summed E-state index contributed by atoms with van der Waals surface area (Å²) >= 11 is 0. The van der Waals surface area contributed by atoms with Crippen molar-refractivity contribution in [3.05, 3.63) is 0 Å². The molecule has 4 heteroatoms. The van der Waals surface area contributed by atoms with Gasteiger partial charge in [-0.3, -0.25) is 4.79 Å². The molecule has 0 aromatic heterocycles. The van der Waals surface area contributed by atoms with Gasteiger partial charge in [0.25, 0.3) is 0 Å². The summed E-state index contributed by atoms with van der Waals surface area (Å²) in [6, 6.07) is 0. The minimum atomic E-state index is -0.679. The summed E-state index contributed by atoms with van der Waals surface area (Å²) in [6.07, 6.45) is 8.95. The van der Waals surface area contributed by atoms with Gasteiger partial charge in [0.05, 0.1) is 18.1 Å². The van der Waals surface area contributed by atoms with E-state index in [4.69, 9.17) is 0 Å². The summed E-state index contributed by atoms with van der Waals surface area (Å²) in [5, 5.41) is 31.6. The van der Waals surface area contributed by atoms with Gasteiger partial charge < -0.3 is 15.3 Å². The minimum absolute atomic E-state index is 0.197. The third-order valence-corrected chi connectivity index (χ3v) is 11.3. The molecule has 0 bridgehead atoms. The highest BCUT2D eigenvalue weighted by atomic mass is 16.4. The van der Waals surface area contributed by atoms with Crippen LogP contribution in [-0.4, -0.2) is 33.5 Å². The van der Waals surface area contributed by atoms with Crippen LogP contribution in [0.15, 0.2) is 0 Å². The molecule has 0 amide bonds. The molecule has 4 rings (SSSR count). The molecule has 0 spiro atoms. The van der Waals surface area contributed by atoms with E-state index >= 15 is 0 Å². The Morgan fingerprint density at radius 1 is 0.968 bits per heavy atom. The Bertz CT molecular complexity index is 678. The zero-order valence-electron chi connectivity index (χ0n) is 20.4. The van der Waals surface area contributed by atoms with Gasteiger partial charge in [-0.25, -0.2) is 0 Å². The van der Waals surface area contributed by atoms with Crippen LogP contribution in [-0.2, 0) is 4.79 Å². The number of carboxylic acid groups (broad SMARTS) is 1. The fraction of sp³-hybridized carbons (Fsp3) is 0.963. The smallest absolute Gasteiger partial charge is 0.306 e. The topological polar surface area (TPSA) is 77.8 Å². The van der Waals surface area contributed by atoms with E-state index in [0.29, 0.717) is 41.4 Å². The Morgan fingerprint density at radius 2 is 1.61 bits per heavy atom. The van der Waals surface area contributed by atoms with Gasteiger partial charge in [0.2, 0.25) is 0 Å². The van der Waals surface area contributed by atoms with Crippen LogP contribution in [0.3, 0.4) is 0 Å². The number of carboxylic acids is 1. The third kappa shape index (κ3) is 3.59. The largest absolute Gasteiger partial charge is 0.481 e. The van der Waals surface area contributed by atoms with Crippen molar-refractivity contribution in [3.8, 4) is 0 Å². The van der Waals surface area contributed by atoms with Crippen molar-refractivity contribution in [1.82, 2.24) is 0 Å². The molecule has 4 saturated carbocycles. The first kappa shape index (κ1) is 23.5. The normalized spacial score (nSPS) is 51.3. The third-order valence-electron chi connectivity index (χ3n) is 11.3. The molecule has 12 atom stereocenters. The zero-order chi connectivity index (χ0) is 22.7. The predicted molar refractivity (Wildman–Crippen MR) is 122 cm³/mol. The molecule has 31 heavy (non-hydrogen) atoms. The molecule has 4 nitrogen and oxygen atoms in total. The highest BCUT2D eigenvalue weighted by Crippen LogP contribution is 2.69. The second-order valence-electron chi connectivity index (χ2n) is 12.6. The molecule has 0 aromatic rings. The van der Waals surface area contributed by atoms with E-state index in [1.54, 1.807) is 0 Å². The molecule has 4 aliphatic carbocycles. The van der Waals surface area contributed by atoms with E-state index in [1.807, 2.05) is 6.92 Å². The number of hydrogen-bond acceptors (Lipinski definition) is 3. The minimum Gasteiger partial charge on any atom is -0.481 e. The average Bonchev–Trinajstić information content (AvgIpc) is 3.06. The summed E-state index contributed by atoms with van der Waals surface area (Å²) in [5.41, 5.74) is 0.460. The van der Waals surface area contributed by atoms with Gasteiger partial charge in [0.1, 0.15) is 0 Å². The maximum Gasteiger partial charge on any atom is 0.306 e. The number of aliphatic hydroxyl groups is 2. The Labute approximate surface area is 189 Å². The quantitative estimate of drug-likeness (QED) is 0.544. The monoisotopic (exact) mass is 434 g/mol. The maximum absolute atomic E-state index is 11.7. The van der Waals surface area contributed by atoms with Gasteiger partial charge in [-0.2, -0.15) is 0 Å². The Morgan fingerprint density at radius 3 is 2.26 bits per heavy atom. The van der Waals surface area contributed by atoms with E-state index in [9.17, 15) is 20.1 Å². The number of fused-ring (bicyclic) bond motifs is 5. The van der Waals surface area contributed by atoms with Crippen molar-refractivity contribution in [2.75, 3.05) is 0 Å². The molecule has 0 heterocycles. The van der Waals surface area contributed by atoms with Crippen LogP contribution in [0.25, 0.3) is 0 Å². The van der Waals surface area contributed by atoms with Gasteiger partial charge in [-0.1, -0.05) is 41.0 Å². The van der Waals surface area contributed by atoms with Crippen molar-refractivity contribution in [1.29, 1.82) is 0 Å². The molecule has 0 aromatic carbocycles. The highest BCUT2D eigenvalue weighted by Gasteiger charge is 2.64. The van der Waals surface area contributed by atoms with Crippen LogP contribution in [0.1, 0.15) is 92.4 Å². The molecular formula is C27H46O4. The van der Waals surface area contributed by atoms with Crippen molar-refractivity contribution in [3.63, 3.8) is 0 Å². The van der Waals surface area contributed by atoms with Gasteiger partial charge in [0.15, 0.2) is 0 Å². The van der Waals surface area contributed by atoms with Crippen LogP contribution < -0.4 is 0 Å². The fourth-order valence-electron chi connectivity index (χ4n) is 9.76. The van der Waals surface area contributed by atoms with E-state index < -0.39 is 5.97 Å². The van der Waals surface area contributed by atoms with Gasteiger partial charge in [-0.15, -0.1) is 0 Å². The Kier molecular flexibility index (Phi) is 6.31. The first-order chi connectivity index (χ1) is 14.5. The second kappa shape index (κ2) is 8.31. The van der Waals surface area contributed by atoms with Crippen molar-refractivity contribution >= 4 is 5.97 Å². The molecule has 3 unspecified atom stereocenters. The summed E-state index contributed by atoms with van der Waals surface area (Å²) in [5.74, 6) is 2.23. The molecule has 3 N–H and O–H groups in total. The lowest BCUT2D eigenvalue weighted by molar-refractivity contribution is -0.203. The van der Waals surface area contributed by atoms with Crippen LogP contribution in [0.5, 0.6) is 0 Å². The molecule has 0 saturated heterocycles.